The molecule has 0 aromatic carbocycles. The normalized spacial score (nSPS) is 24.3. The van der Waals surface area contributed by atoms with Crippen molar-refractivity contribution in [2.24, 2.45) is 5.41 Å². The average molecular weight is 402 g/mol. The van der Waals surface area contributed by atoms with Gasteiger partial charge in [0.2, 0.25) is 0 Å². The van der Waals surface area contributed by atoms with Crippen molar-refractivity contribution in [1.82, 2.24) is 14.8 Å². The van der Waals surface area contributed by atoms with Crippen LogP contribution in [-0.2, 0) is 9.53 Å². The number of amides is 1. The van der Waals surface area contributed by atoms with Crippen molar-refractivity contribution < 1.29 is 19.1 Å². The van der Waals surface area contributed by atoms with Crippen LogP contribution in [0.3, 0.4) is 0 Å². The van der Waals surface area contributed by atoms with E-state index in [0.29, 0.717) is 42.8 Å². The second-order valence-electron chi connectivity index (χ2n) is 8.99. The molecular formula is C22H31N3O4. The lowest BCUT2D eigenvalue weighted by Crippen LogP contribution is -2.45. The Hall–Kier alpha value is -2.15. The Morgan fingerprint density at radius 2 is 1.79 bits per heavy atom. The SMILES string of the molecule is CC(=O)c1[nH]c(C)c(C(=O)N2CCC3(CC2)CC(CN2CCCC2)OC3=O)c1C. The number of cyclic esters (lactones) is 1. The van der Waals surface area contributed by atoms with Crippen LogP contribution in [0.1, 0.15) is 71.1 Å². The van der Waals surface area contributed by atoms with Crippen LogP contribution in [0.15, 0.2) is 0 Å². The van der Waals surface area contributed by atoms with E-state index >= 15 is 0 Å². The molecule has 3 aliphatic rings. The summed E-state index contributed by atoms with van der Waals surface area (Å²) in [5, 5.41) is 0. The molecule has 1 unspecified atom stereocenters. The summed E-state index contributed by atoms with van der Waals surface area (Å²) >= 11 is 0. The summed E-state index contributed by atoms with van der Waals surface area (Å²) in [6.07, 6.45) is 4.50. The fraction of sp³-hybridized carbons (Fsp3) is 0.682. The van der Waals surface area contributed by atoms with Crippen molar-refractivity contribution in [2.45, 2.75) is 59.0 Å². The smallest absolute Gasteiger partial charge is 0.312 e. The number of H-pyrrole nitrogens is 1. The summed E-state index contributed by atoms with van der Waals surface area (Å²) in [6.45, 7) is 9.27. The summed E-state index contributed by atoms with van der Waals surface area (Å²) in [5.41, 5.74) is 2.10. The molecule has 1 atom stereocenters. The van der Waals surface area contributed by atoms with E-state index in [-0.39, 0.29) is 23.8 Å². The maximum Gasteiger partial charge on any atom is 0.312 e. The van der Waals surface area contributed by atoms with Gasteiger partial charge in [0.05, 0.1) is 16.7 Å². The number of rotatable bonds is 4. The summed E-state index contributed by atoms with van der Waals surface area (Å²) in [5.74, 6) is -0.208. The number of esters is 1. The van der Waals surface area contributed by atoms with Crippen molar-refractivity contribution in [3.63, 3.8) is 0 Å². The highest BCUT2D eigenvalue weighted by molar-refractivity contribution is 6.02. The molecule has 1 N–H and O–H groups in total. The van der Waals surface area contributed by atoms with Crippen LogP contribution in [-0.4, -0.2) is 71.3 Å². The van der Waals surface area contributed by atoms with E-state index in [1.165, 1.54) is 19.8 Å². The van der Waals surface area contributed by atoms with Crippen molar-refractivity contribution in [2.75, 3.05) is 32.7 Å². The van der Waals surface area contributed by atoms with Crippen molar-refractivity contribution in [3.05, 3.63) is 22.5 Å². The molecule has 0 aliphatic carbocycles. The lowest BCUT2D eigenvalue weighted by atomic mass is 9.76. The number of carbonyl (C=O) groups is 3. The zero-order chi connectivity index (χ0) is 20.8. The Labute approximate surface area is 171 Å². The van der Waals surface area contributed by atoms with Crippen molar-refractivity contribution in [1.29, 1.82) is 0 Å². The fourth-order valence-electron chi connectivity index (χ4n) is 5.32. The Morgan fingerprint density at radius 3 is 2.38 bits per heavy atom. The number of piperidine rings is 1. The number of hydrogen-bond donors (Lipinski definition) is 1. The molecule has 4 heterocycles. The summed E-state index contributed by atoms with van der Waals surface area (Å²) < 4.78 is 5.74. The standard InChI is InChI=1S/C22H31N3O4/c1-14-18(15(2)23-19(14)16(3)26)20(27)25-10-6-22(7-11-25)12-17(29-21(22)28)13-24-8-4-5-9-24/h17,23H,4-13H2,1-3H3. The molecular weight excluding hydrogens is 370 g/mol. The van der Waals surface area contributed by atoms with E-state index in [4.69, 9.17) is 4.74 Å². The average Bonchev–Trinajstić information content (AvgIpc) is 3.36. The number of Topliss-reactive ketones (excluding diaryl/α,β-unsaturated/α-hetero) is 1. The lowest BCUT2D eigenvalue weighted by molar-refractivity contribution is -0.151. The maximum absolute atomic E-state index is 13.1. The predicted molar refractivity (Wildman–Crippen MR) is 108 cm³/mol. The van der Waals surface area contributed by atoms with Crippen LogP contribution in [0, 0.1) is 19.3 Å². The quantitative estimate of drug-likeness (QED) is 0.619. The second-order valence-corrected chi connectivity index (χ2v) is 8.99. The molecule has 7 heteroatoms. The molecule has 4 rings (SSSR count). The van der Waals surface area contributed by atoms with E-state index < -0.39 is 5.41 Å². The zero-order valence-corrected chi connectivity index (χ0v) is 17.7. The molecule has 7 nitrogen and oxygen atoms in total. The lowest BCUT2D eigenvalue weighted by Gasteiger charge is -2.36. The van der Waals surface area contributed by atoms with Crippen LogP contribution in [0.25, 0.3) is 0 Å². The van der Waals surface area contributed by atoms with Crippen LogP contribution >= 0.6 is 0 Å². The van der Waals surface area contributed by atoms with Gasteiger partial charge in [-0.25, -0.2) is 0 Å². The molecule has 0 bridgehead atoms. The summed E-state index contributed by atoms with van der Waals surface area (Å²) in [7, 11) is 0. The number of carbonyl (C=O) groups excluding carboxylic acids is 3. The van der Waals surface area contributed by atoms with Crippen molar-refractivity contribution >= 4 is 17.7 Å². The highest BCUT2D eigenvalue weighted by atomic mass is 16.6. The molecule has 3 saturated heterocycles. The molecule has 0 radical (unpaired) electrons. The molecule has 1 aromatic heterocycles. The van der Waals surface area contributed by atoms with Gasteiger partial charge in [0.15, 0.2) is 5.78 Å². The van der Waals surface area contributed by atoms with E-state index in [9.17, 15) is 14.4 Å². The van der Waals surface area contributed by atoms with Gasteiger partial charge in [-0.15, -0.1) is 0 Å². The third-order valence-electron chi connectivity index (χ3n) is 7.00. The van der Waals surface area contributed by atoms with Crippen LogP contribution in [0.4, 0.5) is 0 Å². The van der Waals surface area contributed by atoms with Gasteiger partial charge in [-0.3, -0.25) is 19.3 Å². The number of aryl methyl sites for hydroxylation is 1. The molecule has 3 aliphatic heterocycles. The molecule has 158 valence electrons. The Balaban J connectivity index is 1.41. The first-order chi connectivity index (χ1) is 13.8. The van der Waals surface area contributed by atoms with Gasteiger partial charge in [-0.2, -0.15) is 0 Å². The first-order valence-electron chi connectivity index (χ1n) is 10.7. The molecule has 0 saturated carbocycles. The number of ether oxygens (including phenoxy) is 1. The van der Waals surface area contributed by atoms with Gasteiger partial charge < -0.3 is 14.6 Å². The number of nitrogens with zero attached hydrogens (tertiary/aromatic N) is 2. The number of likely N-dealkylation sites (tertiary alicyclic amines) is 2. The van der Waals surface area contributed by atoms with E-state index in [2.05, 4.69) is 9.88 Å². The minimum absolute atomic E-state index is 0.0184. The van der Waals surface area contributed by atoms with Gasteiger partial charge in [0, 0.05) is 38.7 Å². The molecule has 3 fully saturated rings. The number of ketones is 1. The Bertz CT molecular complexity index is 829. The number of aromatic nitrogens is 1. The van der Waals surface area contributed by atoms with Crippen LogP contribution in [0.2, 0.25) is 0 Å². The Kier molecular flexibility index (Phi) is 5.27. The highest BCUT2D eigenvalue weighted by Crippen LogP contribution is 2.43. The minimum atomic E-state index is -0.437. The molecule has 29 heavy (non-hydrogen) atoms. The Morgan fingerprint density at radius 1 is 1.14 bits per heavy atom. The monoisotopic (exact) mass is 401 g/mol. The highest BCUT2D eigenvalue weighted by Gasteiger charge is 2.51. The van der Waals surface area contributed by atoms with E-state index in [1.807, 2.05) is 18.7 Å². The minimum Gasteiger partial charge on any atom is -0.461 e. The van der Waals surface area contributed by atoms with Gasteiger partial charge in [0.1, 0.15) is 6.10 Å². The molecule has 1 aromatic rings. The number of aromatic amines is 1. The van der Waals surface area contributed by atoms with E-state index in [1.54, 1.807) is 0 Å². The predicted octanol–water partition coefficient (Wildman–Crippen LogP) is 2.47. The third-order valence-corrected chi connectivity index (χ3v) is 7.00. The van der Waals surface area contributed by atoms with Crippen LogP contribution < -0.4 is 0 Å². The van der Waals surface area contributed by atoms with E-state index in [0.717, 1.165) is 31.7 Å². The fourth-order valence-corrected chi connectivity index (χ4v) is 5.32. The maximum atomic E-state index is 13.1. The first-order valence-corrected chi connectivity index (χ1v) is 10.7. The topological polar surface area (TPSA) is 82.7 Å². The van der Waals surface area contributed by atoms with Gasteiger partial charge in [-0.1, -0.05) is 0 Å². The molecule has 1 amide bonds. The molecule has 1 spiro atoms. The van der Waals surface area contributed by atoms with Gasteiger partial charge in [0.25, 0.3) is 5.91 Å². The number of hydrogen-bond acceptors (Lipinski definition) is 5. The van der Waals surface area contributed by atoms with Gasteiger partial charge >= 0.3 is 5.97 Å². The summed E-state index contributed by atoms with van der Waals surface area (Å²) in [4.78, 5) is 44.8. The number of nitrogens with one attached hydrogen (secondary N) is 1. The van der Waals surface area contributed by atoms with Crippen LogP contribution in [0.5, 0.6) is 0 Å². The second kappa shape index (κ2) is 7.59. The summed E-state index contributed by atoms with van der Waals surface area (Å²) in [6, 6.07) is 0. The first kappa shape index (κ1) is 20.1. The largest absolute Gasteiger partial charge is 0.461 e. The zero-order valence-electron chi connectivity index (χ0n) is 17.7. The van der Waals surface area contributed by atoms with Gasteiger partial charge in [-0.05, 0) is 58.2 Å². The van der Waals surface area contributed by atoms with Crippen molar-refractivity contribution in [3.8, 4) is 0 Å². The third kappa shape index (κ3) is 3.61.